The summed E-state index contributed by atoms with van der Waals surface area (Å²) in [4.78, 5) is 29.6. The molecule has 3 aromatic carbocycles. The van der Waals surface area contributed by atoms with E-state index in [9.17, 15) is 22.4 Å². The second-order valence-corrected chi connectivity index (χ2v) is 14.2. The van der Waals surface area contributed by atoms with E-state index in [1.807, 2.05) is 11.0 Å². The SMILES string of the molecule is CC(=O)N1CCC(C(=O)N2CC[C@@]3(S(=O)(=O)c4ccccc4)c4ccc(OCc5c(F)cccc5Cl)cc4CC[C@@H]23)CC1. The van der Waals surface area contributed by atoms with Crippen LogP contribution < -0.4 is 4.74 Å². The van der Waals surface area contributed by atoms with Crippen molar-refractivity contribution < 1.29 is 27.1 Å². The smallest absolute Gasteiger partial charge is 0.226 e. The zero-order valence-electron chi connectivity index (χ0n) is 24.0. The van der Waals surface area contributed by atoms with E-state index in [2.05, 4.69) is 0 Å². The first kappa shape index (κ1) is 29.6. The van der Waals surface area contributed by atoms with Crippen molar-refractivity contribution in [3.8, 4) is 5.75 Å². The van der Waals surface area contributed by atoms with Crippen LogP contribution in [-0.4, -0.2) is 55.7 Å². The molecule has 2 aliphatic heterocycles. The van der Waals surface area contributed by atoms with Gasteiger partial charge in [0.05, 0.1) is 16.0 Å². The number of aryl methyl sites for hydroxylation is 1. The Morgan fingerprint density at radius 3 is 2.44 bits per heavy atom. The molecule has 0 radical (unpaired) electrons. The molecule has 2 fully saturated rings. The highest BCUT2D eigenvalue weighted by Gasteiger charge is 2.61. The molecule has 0 spiro atoms. The van der Waals surface area contributed by atoms with Gasteiger partial charge in [0.1, 0.15) is 22.9 Å². The molecule has 2 heterocycles. The summed E-state index contributed by atoms with van der Waals surface area (Å²) in [5.41, 5.74) is 1.78. The minimum absolute atomic E-state index is 0.00396. The van der Waals surface area contributed by atoms with Crippen LogP contribution in [0.4, 0.5) is 4.39 Å². The van der Waals surface area contributed by atoms with Crippen LogP contribution in [0.3, 0.4) is 0 Å². The Morgan fingerprint density at radius 1 is 1.00 bits per heavy atom. The molecule has 0 bridgehead atoms. The van der Waals surface area contributed by atoms with Gasteiger partial charge < -0.3 is 14.5 Å². The largest absolute Gasteiger partial charge is 0.489 e. The number of sulfone groups is 1. The van der Waals surface area contributed by atoms with Crippen LogP contribution in [0.15, 0.2) is 71.6 Å². The zero-order chi connectivity index (χ0) is 30.4. The first-order valence-electron chi connectivity index (χ1n) is 14.7. The lowest BCUT2D eigenvalue weighted by molar-refractivity contribution is -0.141. The molecule has 2 saturated heterocycles. The Balaban J connectivity index is 1.34. The Bertz CT molecular complexity index is 1640. The van der Waals surface area contributed by atoms with Gasteiger partial charge in [0.15, 0.2) is 9.84 Å². The van der Waals surface area contributed by atoms with Crippen molar-refractivity contribution in [3.63, 3.8) is 0 Å². The van der Waals surface area contributed by atoms with E-state index in [-0.39, 0.29) is 46.2 Å². The first-order chi connectivity index (χ1) is 20.6. The summed E-state index contributed by atoms with van der Waals surface area (Å²) in [6, 6.07) is 17.8. The number of amides is 2. The molecule has 2 atom stereocenters. The minimum atomic E-state index is -3.92. The van der Waals surface area contributed by atoms with Crippen LogP contribution in [0.5, 0.6) is 5.75 Å². The highest BCUT2D eigenvalue weighted by Crippen LogP contribution is 2.53. The van der Waals surface area contributed by atoms with Crippen molar-refractivity contribution in [2.75, 3.05) is 19.6 Å². The number of carbonyl (C=O) groups excluding carboxylic acids is 2. The van der Waals surface area contributed by atoms with E-state index in [1.54, 1.807) is 53.4 Å². The van der Waals surface area contributed by atoms with Gasteiger partial charge in [0.25, 0.3) is 0 Å². The predicted molar refractivity (Wildman–Crippen MR) is 161 cm³/mol. The molecule has 226 valence electrons. The van der Waals surface area contributed by atoms with Crippen molar-refractivity contribution in [2.45, 2.75) is 61.3 Å². The van der Waals surface area contributed by atoms with E-state index in [4.69, 9.17) is 16.3 Å². The van der Waals surface area contributed by atoms with E-state index in [0.717, 1.165) is 5.56 Å². The number of benzene rings is 3. The molecule has 0 unspecified atom stereocenters. The van der Waals surface area contributed by atoms with E-state index in [1.165, 1.54) is 19.1 Å². The molecule has 1 aliphatic carbocycles. The fraction of sp³-hybridized carbons (Fsp3) is 0.394. The topological polar surface area (TPSA) is 84.0 Å². The monoisotopic (exact) mass is 624 g/mol. The Kier molecular flexibility index (Phi) is 7.98. The average molecular weight is 625 g/mol. The lowest BCUT2D eigenvalue weighted by Gasteiger charge is -2.43. The molecular formula is C33H34ClFN2O5S. The van der Waals surface area contributed by atoms with Gasteiger partial charge in [0, 0.05) is 38.0 Å². The fourth-order valence-electron chi connectivity index (χ4n) is 7.17. The maximum atomic E-state index is 14.6. The Morgan fingerprint density at radius 2 is 1.74 bits per heavy atom. The Labute approximate surface area is 256 Å². The number of carbonyl (C=O) groups is 2. The van der Waals surface area contributed by atoms with Crippen LogP contribution >= 0.6 is 11.6 Å². The maximum absolute atomic E-state index is 14.6. The number of nitrogens with zero attached hydrogens (tertiary/aromatic N) is 2. The van der Waals surface area contributed by atoms with Gasteiger partial charge in [-0.15, -0.1) is 0 Å². The minimum Gasteiger partial charge on any atom is -0.489 e. The third-order valence-corrected chi connectivity index (χ3v) is 12.3. The van der Waals surface area contributed by atoms with Crippen LogP contribution in [0.2, 0.25) is 5.02 Å². The summed E-state index contributed by atoms with van der Waals surface area (Å²) in [6.45, 7) is 2.87. The van der Waals surface area contributed by atoms with Crippen LogP contribution in [0.25, 0.3) is 0 Å². The quantitative estimate of drug-likeness (QED) is 0.360. The molecule has 0 saturated carbocycles. The fourth-order valence-corrected chi connectivity index (χ4v) is 9.77. The maximum Gasteiger partial charge on any atom is 0.226 e. The van der Waals surface area contributed by atoms with E-state index in [0.29, 0.717) is 56.6 Å². The molecule has 2 amide bonds. The van der Waals surface area contributed by atoms with Gasteiger partial charge in [-0.3, -0.25) is 9.59 Å². The molecule has 3 aromatic rings. The number of ether oxygens (including phenoxy) is 1. The number of hydrogen-bond acceptors (Lipinski definition) is 5. The van der Waals surface area contributed by atoms with Gasteiger partial charge in [-0.05, 0) is 79.6 Å². The summed E-state index contributed by atoms with van der Waals surface area (Å²) in [5.74, 6) is -0.225. The molecular weight excluding hydrogens is 591 g/mol. The summed E-state index contributed by atoms with van der Waals surface area (Å²) < 4.78 is 48.2. The van der Waals surface area contributed by atoms with Crippen molar-refractivity contribution >= 4 is 33.3 Å². The third kappa shape index (κ3) is 5.10. The van der Waals surface area contributed by atoms with E-state index >= 15 is 0 Å². The summed E-state index contributed by atoms with van der Waals surface area (Å²) in [7, 11) is -3.92. The van der Waals surface area contributed by atoms with Crippen molar-refractivity contribution in [1.82, 2.24) is 9.80 Å². The number of likely N-dealkylation sites (tertiary alicyclic amines) is 2. The second-order valence-electron chi connectivity index (χ2n) is 11.6. The van der Waals surface area contributed by atoms with Crippen LogP contribution in [0.1, 0.15) is 49.3 Å². The molecule has 0 N–H and O–H groups in total. The predicted octanol–water partition coefficient (Wildman–Crippen LogP) is 5.53. The normalized spacial score (nSPS) is 22.2. The van der Waals surface area contributed by atoms with Gasteiger partial charge >= 0.3 is 0 Å². The molecule has 43 heavy (non-hydrogen) atoms. The molecule has 10 heteroatoms. The number of piperidine rings is 1. The summed E-state index contributed by atoms with van der Waals surface area (Å²) in [6.07, 6.45) is 2.48. The number of fused-ring (bicyclic) bond motifs is 3. The summed E-state index contributed by atoms with van der Waals surface area (Å²) in [5, 5.41) is 0.274. The van der Waals surface area contributed by atoms with Gasteiger partial charge in [-0.2, -0.15) is 0 Å². The summed E-state index contributed by atoms with van der Waals surface area (Å²) >= 11 is 6.18. The van der Waals surface area contributed by atoms with Crippen LogP contribution in [0, 0.1) is 11.7 Å². The highest BCUT2D eigenvalue weighted by molar-refractivity contribution is 7.92. The highest BCUT2D eigenvalue weighted by atomic mass is 35.5. The molecule has 0 aromatic heterocycles. The van der Waals surface area contributed by atoms with Crippen molar-refractivity contribution in [3.05, 3.63) is 94.3 Å². The first-order valence-corrected chi connectivity index (χ1v) is 16.5. The van der Waals surface area contributed by atoms with Gasteiger partial charge in [0.2, 0.25) is 11.8 Å². The van der Waals surface area contributed by atoms with Gasteiger partial charge in [-0.1, -0.05) is 41.9 Å². The zero-order valence-corrected chi connectivity index (χ0v) is 25.5. The lowest BCUT2D eigenvalue weighted by atomic mass is 9.78. The third-order valence-electron chi connectivity index (χ3n) is 9.41. The second kappa shape index (κ2) is 11.6. The van der Waals surface area contributed by atoms with Crippen molar-refractivity contribution in [1.29, 1.82) is 0 Å². The molecule has 6 rings (SSSR count). The standard InChI is InChI=1S/C33H34ClFN2O5S/c1-22(38)36-17-14-23(15-18-36)32(39)37-19-16-33(43(40,41)26-6-3-2-4-7-26)28-12-11-25(20-24(28)10-13-31(33)37)42-21-27-29(34)8-5-9-30(27)35/h2-9,11-12,20,23,31H,10,13-19,21H2,1H3/t31-,33-/m1/s1. The number of hydrogen-bond donors (Lipinski definition) is 0. The lowest BCUT2D eigenvalue weighted by Crippen LogP contribution is -2.53. The molecule has 3 aliphatic rings. The average Bonchev–Trinajstić information content (AvgIpc) is 3.42. The Hall–Kier alpha value is -3.43. The number of rotatable bonds is 6. The van der Waals surface area contributed by atoms with E-state index < -0.39 is 26.4 Å². The van der Waals surface area contributed by atoms with Crippen LogP contribution in [-0.2, 0) is 37.2 Å². The van der Waals surface area contributed by atoms with Crippen molar-refractivity contribution in [2.24, 2.45) is 5.92 Å². The number of halogens is 2. The van der Waals surface area contributed by atoms with Gasteiger partial charge in [-0.25, -0.2) is 12.8 Å². The molecule has 7 nitrogen and oxygen atoms in total.